The van der Waals surface area contributed by atoms with E-state index in [9.17, 15) is 9.18 Å². The first-order chi connectivity index (χ1) is 11.7. The Morgan fingerprint density at radius 3 is 2.83 bits per heavy atom. The average Bonchev–Trinajstić information content (AvgIpc) is 2.92. The summed E-state index contributed by atoms with van der Waals surface area (Å²) in [7, 11) is 0. The van der Waals surface area contributed by atoms with Gasteiger partial charge in [0.2, 0.25) is 5.91 Å². The van der Waals surface area contributed by atoms with Gasteiger partial charge in [0.25, 0.3) is 0 Å². The van der Waals surface area contributed by atoms with Crippen molar-refractivity contribution in [1.82, 2.24) is 9.47 Å². The van der Waals surface area contributed by atoms with Gasteiger partial charge in [0.05, 0.1) is 6.54 Å². The van der Waals surface area contributed by atoms with Crippen LogP contribution >= 0.6 is 0 Å². The number of carbonyl (C=O) groups excluding carboxylic acids is 1. The fraction of sp³-hybridized carbons (Fsp3) is 0.350. The van der Waals surface area contributed by atoms with Crippen LogP contribution in [-0.4, -0.2) is 21.9 Å². The van der Waals surface area contributed by atoms with Crippen molar-refractivity contribution in [2.24, 2.45) is 5.92 Å². The minimum Gasteiger partial charge on any atom is -0.345 e. The van der Waals surface area contributed by atoms with Gasteiger partial charge in [-0.05, 0) is 42.7 Å². The van der Waals surface area contributed by atoms with Crippen LogP contribution in [0.25, 0.3) is 0 Å². The molecule has 0 unspecified atom stereocenters. The number of hydrogen-bond acceptors (Lipinski definition) is 1. The minimum atomic E-state index is -0.227. The van der Waals surface area contributed by atoms with Gasteiger partial charge in [0.1, 0.15) is 5.82 Å². The van der Waals surface area contributed by atoms with Crippen molar-refractivity contribution in [1.29, 1.82) is 0 Å². The molecule has 0 N–H and O–H groups in total. The Hall–Kier alpha value is -2.36. The summed E-state index contributed by atoms with van der Waals surface area (Å²) in [4.78, 5) is 14.4. The molecule has 2 aromatic rings. The van der Waals surface area contributed by atoms with Crippen LogP contribution in [-0.2, 0) is 17.9 Å². The van der Waals surface area contributed by atoms with Crippen molar-refractivity contribution in [2.75, 3.05) is 6.54 Å². The molecule has 126 valence electrons. The third kappa shape index (κ3) is 3.75. The van der Waals surface area contributed by atoms with E-state index in [1.165, 1.54) is 6.07 Å². The van der Waals surface area contributed by atoms with Gasteiger partial charge < -0.3 is 9.47 Å². The molecule has 1 saturated carbocycles. The average molecular weight is 326 g/mol. The van der Waals surface area contributed by atoms with Gasteiger partial charge in [-0.25, -0.2) is 4.39 Å². The largest absolute Gasteiger partial charge is 0.345 e. The zero-order valence-corrected chi connectivity index (χ0v) is 13.8. The van der Waals surface area contributed by atoms with E-state index in [2.05, 4.69) is 11.1 Å². The van der Waals surface area contributed by atoms with Gasteiger partial charge in [-0.1, -0.05) is 24.6 Å². The van der Waals surface area contributed by atoms with E-state index in [0.29, 0.717) is 19.6 Å². The zero-order valence-electron chi connectivity index (χ0n) is 13.8. The molecule has 3 rings (SSSR count). The quantitative estimate of drug-likeness (QED) is 0.706. The molecule has 0 saturated heterocycles. The summed E-state index contributed by atoms with van der Waals surface area (Å²) in [5, 5.41) is 0. The lowest BCUT2D eigenvalue weighted by Crippen LogP contribution is -2.39. The summed E-state index contributed by atoms with van der Waals surface area (Å²) >= 11 is 0. The lowest BCUT2D eigenvalue weighted by atomic mass is 9.84. The minimum absolute atomic E-state index is 0.177. The maximum Gasteiger partial charge on any atom is 0.226 e. The van der Waals surface area contributed by atoms with Crippen molar-refractivity contribution < 1.29 is 9.18 Å². The number of benzene rings is 1. The molecule has 1 fully saturated rings. The Balaban J connectivity index is 1.73. The summed E-state index contributed by atoms with van der Waals surface area (Å²) in [5.74, 6) is 0.172. The highest BCUT2D eigenvalue weighted by atomic mass is 19.1. The molecule has 0 spiro atoms. The molecule has 1 aliphatic carbocycles. The van der Waals surface area contributed by atoms with Crippen molar-refractivity contribution >= 4 is 5.91 Å². The van der Waals surface area contributed by atoms with E-state index >= 15 is 0 Å². The molecule has 0 bridgehead atoms. The van der Waals surface area contributed by atoms with Gasteiger partial charge in [0, 0.05) is 30.9 Å². The first-order valence-corrected chi connectivity index (χ1v) is 8.45. The molecule has 4 heteroatoms. The number of nitrogens with zero attached hydrogens (tertiary/aromatic N) is 2. The third-order valence-corrected chi connectivity index (χ3v) is 4.63. The Morgan fingerprint density at radius 1 is 1.33 bits per heavy atom. The second kappa shape index (κ2) is 7.47. The molecular formula is C20H23FN2O. The van der Waals surface area contributed by atoms with Crippen LogP contribution in [0.15, 0.2) is 55.3 Å². The zero-order chi connectivity index (χ0) is 16.9. The van der Waals surface area contributed by atoms with E-state index in [1.54, 1.807) is 18.2 Å². The number of aromatic nitrogens is 1. The number of amides is 1. The van der Waals surface area contributed by atoms with E-state index in [0.717, 1.165) is 30.5 Å². The van der Waals surface area contributed by atoms with E-state index < -0.39 is 0 Å². The smallest absolute Gasteiger partial charge is 0.226 e. The molecule has 1 aliphatic rings. The maximum absolute atomic E-state index is 13.4. The monoisotopic (exact) mass is 326 g/mol. The van der Waals surface area contributed by atoms with Crippen molar-refractivity contribution in [3.63, 3.8) is 0 Å². The molecule has 1 heterocycles. The molecule has 1 aromatic heterocycles. The molecule has 3 nitrogen and oxygen atoms in total. The Kier molecular flexibility index (Phi) is 5.14. The predicted molar refractivity (Wildman–Crippen MR) is 92.9 cm³/mol. The Labute approximate surface area is 142 Å². The first kappa shape index (κ1) is 16.5. The van der Waals surface area contributed by atoms with E-state index in [1.807, 2.05) is 29.3 Å². The highest BCUT2D eigenvalue weighted by Gasteiger charge is 2.29. The van der Waals surface area contributed by atoms with Crippen LogP contribution in [0.1, 0.15) is 30.5 Å². The summed E-state index contributed by atoms with van der Waals surface area (Å²) < 4.78 is 15.4. The number of carbonyl (C=O) groups is 1. The van der Waals surface area contributed by atoms with Crippen LogP contribution in [0.2, 0.25) is 0 Å². The molecule has 1 amide bonds. The number of hydrogen-bond donors (Lipinski definition) is 0. The van der Waals surface area contributed by atoms with Gasteiger partial charge in [-0.2, -0.15) is 0 Å². The van der Waals surface area contributed by atoms with Crippen LogP contribution in [0.4, 0.5) is 4.39 Å². The second-order valence-electron chi connectivity index (χ2n) is 6.39. The SMILES string of the molecule is C=CCN(Cc1cccn1Cc1cccc(F)c1)C(=O)C1CCC1. The first-order valence-electron chi connectivity index (χ1n) is 8.45. The van der Waals surface area contributed by atoms with Crippen LogP contribution in [0.5, 0.6) is 0 Å². The summed E-state index contributed by atoms with van der Waals surface area (Å²) in [5.41, 5.74) is 1.96. The van der Waals surface area contributed by atoms with Crippen LogP contribution < -0.4 is 0 Å². The maximum atomic E-state index is 13.4. The van der Waals surface area contributed by atoms with Crippen molar-refractivity contribution in [3.8, 4) is 0 Å². The summed E-state index contributed by atoms with van der Waals surface area (Å²) in [6, 6.07) is 10.6. The Morgan fingerprint density at radius 2 is 2.17 bits per heavy atom. The molecule has 0 aliphatic heterocycles. The van der Waals surface area contributed by atoms with Crippen molar-refractivity contribution in [3.05, 3.63) is 72.3 Å². The summed E-state index contributed by atoms with van der Waals surface area (Å²) in [6.07, 6.45) is 6.89. The van der Waals surface area contributed by atoms with Gasteiger partial charge in [0.15, 0.2) is 0 Å². The fourth-order valence-electron chi connectivity index (χ4n) is 3.08. The van der Waals surface area contributed by atoms with E-state index in [4.69, 9.17) is 0 Å². The van der Waals surface area contributed by atoms with Gasteiger partial charge in [-0.15, -0.1) is 6.58 Å². The standard InChI is InChI=1S/C20H23FN2O/c1-2-11-23(20(24)17-7-4-8-17)15-19-10-5-12-22(19)14-16-6-3-9-18(21)13-16/h2-3,5-6,9-10,12-13,17H,1,4,7-8,11,14-15H2. The highest BCUT2D eigenvalue weighted by Crippen LogP contribution is 2.28. The lowest BCUT2D eigenvalue weighted by molar-refractivity contribution is -0.138. The van der Waals surface area contributed by atoms with Gasteiger partial charge >= 0.3 is 0 Å². The number of rotatable bonds is 7. The van der Waals surface area contributed by atoms with Crippen LogP contribution in [0.3, 0.4) is 0 Å². The van der Waals surface area contributed by atoms with Gasteiger partial charge in [-0.3, -0.25) is 4.79 Å². The van der Waals surface area contributed by atoms with E-state index in [-0.39, 0.29) is 17.6 Å². The topological polar surface area (TPSA) is 25.2 Å². The molecular weight excluding hydrogens is 303 g/mol. The molecule has 0 radical (unpaired) electrons. The summed E-state index contributed by atoms with van der Waals surface area (Å²) in [6.45, 7) is 5.48. The second-order valence-corrected chi connectivity index (χ2v) is 6.39. The molecule has 1 aromatic carbocycles. The van der Waals surface area contributed by atoms with Crippen molar-refractivity contribution in [2.45, 2.75) is 32.4 Å². The third-order valence-electron chi connectivity index (χ3n) is 4.63. The highest BCUT2D eigenvalue weighted by molar-refractivity contribution is 5.79. The normalized spacial score (nSPS) is 14.2. The molecule has 24 heavy (non-hydrogen) atoms. The number of halogens is 1. The fourth-order valence-corrected chi connectivity index (χ4v) is 3.08. The lowest BCUT2D eigenvalue weighted by Gasteiger charge is -2.31. The predicted octanol–water partition coefficient (Wildman–Crippen LogP) is 3.99. The Bertz CT molecular complexity index is 718. The van der Waals surface area contributed by atoms with Crippen LogP contribution in [0, 0.1) is 11.7 Å². The molecule has 0 atom stereocenters.